The van der Waals surface area contributed by atoms with Gasteiger partial charge < -0.3 is 5.11 Å². The Labute approximate surface area is 115 Å². The van der Waals surface area contributed by atoms with Crippen LogP contribution in [0.2, 0.25) is 5.02 Å². The first-order chi connectivity index (χ1) is 9.08. The van der Waals surface area contributed by atoms with Crippen molar-refractivity contribution in [3.8, 4) is 5.82 Å². The van der Waals surface area contributed by atoms with E-state index in [9.17, 15) is 4.79 Å². The van der Waals surface area contributed by atoms with Crippen LogP contribution in [-0.4, -0.2) is 25.8 Å². The van der Waals surface area contributed by atoms with Gasteiger partial charge in [0.2, 0.25) is 0 Å². The molecule has 0 radical (unpaired) electrons. The number of aryl methyl sites for hydroxylation is 2. The van der Waals surface area contributed by atoms with Gasteiger partial charge in [-0.25, -0.2) is 14.5 Å². The van der Waals surface area contributed by atoms with Crippen molar-refractivity contribution in [2.75, 3.05) is 0 Å². The molecule has 1 N–H and O–H groups in total. The summed E-state index contributed by atoms with van der Waals surface area (Å²) < 4.78 is 1.62. The van der Waals surface area contributed by atoms with E-state index in [1.165, 1.54) is 12.3 Å². The van der Waals surface area contributed by atoms with Crippen LogP contribution in [0.15, 0.2) is 18.3 Å². The van der Waals surface area contributed by atoms with Crippen LogP contribution in [0.5, 0.6) is 0 Å². The molecule has 0 saturated carbocycles. The third-order valence-electron chi connectivity index (χ3n) is 2.86. The SMILES string of the molecule is CCc1cc(CC)n(-c2nccc(C(=O)O)c2Cl)n1. The lowest BCUT2D eigenvalue weighted by Gasteiger charge is -2.08. The minimum absolute atomic E-state index is 0.0299. The maximum Gasteiger partial charge on any atom is 0.337 e. The number of carbonyl (C=O) groups is 1. The van der Waals surface area contributed by atoms with E-state index in [4.69, 9.17) is 16.7 Å². The Kier molecular flexibility index (Phi) is 3.85. The highest BCUT2D eigenvalue weighted by molar-refractivity contribution is 6.35. The third-order valence-corrected chi connectivity index (χ3v) is 3.23. The predicted octanol–water partition coefficient (Wildman–Crippen LogP) is 2.74. The number of hydrogen-bond acceptors (Lipinski definition) is 3. The number of aromatic nitrogens is 3. The van der Waals surface area contributed by atoms with Crippen LogP contribution >= 0.6 is 11.6 Å². The number of halogens is 1. The smallest absolute Gasteiger partial charge is 0.337 e. The van der Waals surface area contributed by atoms with Gasteiger partial charge in [0.25, 0.3) is 0 Å². The van der Waals surface area contributed by atoms with Crippen molar-refractivity contribution in [3.05, 3.63) is 40.3 Å². The summed E-state index contributed by atoms with van der Waals surface area (Å²) in [7, 11) is 0. The number of aromatic carboxylic acids is 1. The standard InChI is InChI=1S/C13H14ClN3O2/c1-3-8-7-9(4-2)17(16-8)12-11(14)10(13(18)19)5-6-15-12/h5-7H,3-4H2,1-2H3,(H,18,19). The van der Waals surface area contributed by atoms with Crippen LogP contribution < -0.4 is 0 Å². The summed E-state index contributed by atoms with van der Waals surface area (Å²) in [6.45, 7) is 4.01. The van der Waals surface area contributed by atoms with Crippen molar-refractivity contribution in [2.45, 2.75) is 26.7 Å². The fourth-order valence-corrected chi connectivity index (χ4v) is 2.10. The summed E-state index contributed by atoms with van der Waals surface area (Å²) >= 11 is 6.12. The van der Waals surface area contributed by atoms with Gasteiger partial charge in [0.05, 0.1) is 16.3 Å². The van der Waals surface area contributed by atoms with Gasteiger partial charge in [-0.3, -0.25) is 0 Å². The Bertz CT molecular complexity index is 622. The van der Waals surface area contributed by atoms with E-state index in [0.29, 0.717) is 5.82 Å². The fraction of sp³-hybridized carbons (Fsp3) is 0.308. The van der Waals surface area contributed by atoms with Crippen LogP contribution in [0.4, 0.5) is 0 Å². The number of rotatable bonds is 4. The summed E-state index contributed by atoms with van der Waals surface area (Å²) in [6.07, 6.45) is 3.00. The molecule has 0 aliphatic heterocycles. The first-order valence-electron chi connectivity index (χ1n) is 6.04. The lowest BCUT2D eigenvalue weighted by molar-refractivity contribution is 0.0697. The minimum Gasteiger partial charge on any atom is -0.478 e. The number of hydrogen-bond donors (Lipinski definition) is 1. The van der Waals surface area contributed by atoms with E-state index in [2.05, 4.69) is 10.1 Å². The maximum absolute atomic E-state index is 11.1. The minimum atomic E-state index is -1.07. The van der Waals surface area contributed by atoms with Crippen molar-refractivity contribution in [3.63, 3.8) is 0 Å². The highest BCUT2D eigenvalue weighted by atomic mass is 35.5. The molecule has 0 spiro atoms. The van der Waals surface area contributed by atoms with E-state index in [0.717, 1.165) is 24.2 Å². The number of pyridine rings is 1. The molecular formula is C13H14ClN3O2. The molecule has 2 rings (SSSR count). The summed E-state index contributed by atoms with van der Waals surface area (Å²) in [6, 6.07) is 3.36. The average molecular weight is 280 g/mol. The van der Waals surface area contributed by atoms with Crippen LogP contribution in [0, 0.1) is 0 Å². The van der Waals surface area contributed by atoms with Crippen LogP contribution in [0.3, 0.4) is 0 Å². The van der Waals surface area contributed by atoms with Crippen molar-refractivity contribution in [2.24, 2.45) is 0 Å². The third kappa shape index (κ3) is 2.46. The normalized spacial score (nSPS) is 10.7. The van der Waals surface area contributed by atoms with Gasteiger partial charge in [0.1, 0.15) is 0 Å². The van der Waals surface area contributed by atoms with Gasteiger partial charge in [-0.15, -0.1) is 0 Å². The van der Waals surface area contributed by atoms with Crippen molar-refractivity contribution in [1.82, 2.24) is 14.8 Å². The highest BCUT2D eigenvalue weighted by Crippen LogP contribution is 2.24. The summed E-state index contributed by atoms with van der Waals surface area (Å²) in [5.41, 5.74) is 1.91. The van der Waals surface area contributed by atoms with Crippen molar-refractivity contribution in [1.29, 1.82) is 0 Å². The molecule has 19 heavy (non-hydrogen) atoms. The van der Waals surface area contributed by atoms with Crippen LogP contribution in [0.25, 0.3) is 5.82 Å². The Morgan fingerprint density at radius 1 is 1.42 bits per heavy atom. The molecule has 0 atom stereocenters. The quantitative estimate of drug-likeness (QED) is 0.934. The maximum atomic E-state index is 11.1. The molecule has 6 heteroatoms. The molecule has 0 unspecified atom stereocenters. The largest absolute Gasteiger partial charge is 0.478 e. The first-order valence-corrected chi connectivity index (χ1v) is 6.42. The molecular weight excluding hydrogens is 266 g/mol. The van der Waals surface area contributed by atoms with Gasteiger partial charge in [-0.1, -0.05) is 25.4 Å². The first kappa shape index (κ1) is 13.5. The second kappa shape index (κ2) is 5.40. The molecule has 0 fully saturated rings. The van der Waals surface area contributed by atoms with Crippen LogP contribution in [0.1, 0.15) is 35.6 Å². The average Bonchev–Trinajstić information content (AvgIpc) is 2.81. The van der Waals surface area contributed by atoms with Gasteiger partial charge >= 0.3 is 5.97 Å². The van der Waals surface area contributed by atoms with E-state index in [1.54, 1.807) is 4.68 Å². The number of carboxylic acids is 1. The molecule has 0 saturated heterocycles. The van der Waals surface area contributed by atoms with Gasteiger partial charge in [-0.05, 0) is 25.0 Å². The molecule has 0 aliphatic carbocycles. The monoisotopic (exact) mass is 279 g/mol. The zero-order chi connectivity index (χ0) is 14.0. The molecule has 2 aromatic rings. The van der Waals surface area contributed by atoms with E-state index >= 15 is 0 Å². The second-order valence-corrected chi connectivity index (χ2v) is 4.43. The van der Waals surface area contributed by atoms with Gasteiger partial charge in [0.15, 0.2) is 5.82 Å². The van der Waals surface area contributed by atoms with Crippen molar-refractivity contribution >= 4 is 17.6 Å². The number of carboxylic acid groups (broad SMARTS) is 1. The lowest BCUT2D eigenvalue weighted by Crippen LogP contribution is -2.08. The summed E-state index contributed by atoms with van der Waals surface area (Å²) in [5.74, 6) is -0.715. The zero-order valence-corrected chi connectivity index (χ0v) is 11.5. The predicted molar refractivity (Wildman–Crippen MR) is 72.1 cm³/mol. The molecule has 0 aliphatic rings. The lowest BCUT2D eigenvalue weighted by atomic mass is 10.2. The summed E-state index contributed by atoms with van der Waals surface area (Å²) in [4.78, 5) is 15.2. The van der Waals surface area contributed by atoms with Crippen LogP contribution in [-0.2, 0) is 12.8 Å². The molecule has 0 bridgehead atoms. The molecule has 2 aromatic heterocycles. The second-order valence-electron chi connectivity index (χ2n) is 4.05. The Balaban J connectivity index is 2.61. The molecule has 100 valence electrons. The van der Waals surface area contributed by atoms with Gasteiger partial charge in [-0.2, -0.15) is 5.10 Å². The molecule has 5 nitrogen and oxygen atoms in total. The fourth-order valence-electron chi connectivity index (χ4n) is 1.83. The Hall–Kier alpha value is -1.88. The molecule has 0 amide bonds. The molecule has 2 heterocycles. The Morgan fingerprint density at radius 2 is 2.16 bits per heavy atom. The van der Waals surface area contributed by atoms with E-state index < -0.39 is 5.97 Å². The molecule has 0 aromatic carbocycles. The number of nitrogens with zero attached hydrogens (tertiary/aromatic N) is 3. The highest BCUT2D eigenvalue weighted by Gasteiger charge is 2.17. The van der Waals surface area contributed by atoms with E-state index in [-0.39, 0.29) is 10.6 Å². The zero-order valence-electron chi connectivity index (χ0n) is 10.7. The van der Waals surface area contributed by atoms with E-state index in [1.807, 2.05) is 19.9 Å². The summed E-state index contributed by atoms with van der Waals surface area (Å²) in [5, 5.41) is 13.6. The Morgan fingerprint density at radius 3 is 2.74 bits per heavy atom. The van der Waals surface area contributed by atoms with Gasteiger partial charge in [0, 0.05) is 11.9 Å². The van der Waals surface area contributed by atoms with Crippen molar-refractivity contribution < 1.29 is 9.90 Å². The topological polar surface area (TPSA) is 68.0 Å².